The molecule has 0 aromatic heterocycles. The second-order valence-electron chi connectivity index (χ2n) is 3.34. The summed E-state index contributed by atoms with van der Waals surface area (Å²) < 4.78 is 25.7. The number of hydroxylamine groups is 1. The summed E-state index contributed by atoms with van der Waals surface area (Å²) in [5.41, 5.74) is 1.67. The highest BCUT2D eigenvalue weighted by Gasteiger charge is 2.25. The van der Waals surface area contributed by atoms with Gasteiger partial charge in [0.05, 0.1) is 0 Å². The predicted octanol–water partition coefficient (Wildman–Crippen LogP) is 1.68. The Hall–Kier alpha value is -0.450. The van der Waals surface area contributed by atoms with E-state index < -0.39 is 13.8 Å². The van der Waals surface area contributed by atoms with E-state index in [9.17, 15) is 13.6 Å². The monoisotopic (exact) mass is 225 g/mol. The van der Waals surface area contributed by atoms with Crippen LogP contribution < -0.4 is 5.48 Å². The second kappa shape index (κ2) is 4.87. The normalized spacial score (nSPS) is 22.7. The van der Waals surface area contributed by atoms with Crippen molar-refractivity contribution in [2.45, 2.75) is 32.1 Å². The molecule has 0 aliphatic heterocycles. The molecule has 7 heteroatoms. The number of hydrogen-bond acceptors (Lipinski definition) is 3. The van der Waals surface area contributed by atoms with Crippen LogP contribution in [0.25, 0.3) is 0 Å². The third-order valence-corrected chi connectivity index (χ3v) is 2.55. The molecule has 0 spiro atoms. The quantitative estimate of drug-likeness (QED) is 0.566. The molecule has 0 saturated heterocycles. The Labute approximate surface area is 81.2 Å². The Kier molecular flexibility index (Phi) is 4.04. The maximum atomic E-state index is 12.0. The average Bonchev–Trinajstić information content (AvgIpc) is 2.14. The average molecular weight is 225 g/mol. The van der Waals surface area contributed by atoms with Gasteiger partial charge in [-0.2, -0.15) is 4.62 Å². The van der Waals surface area contributed by atoms with Crippen molar-refractivity contribution in [3.63, 3.8) is 0 Å². The largest absolute Gasteiger partial charge is 0.532 e. The fourth-order valence-corrected chi connectivity index (χ4v) is 1.75. The van der Waals surface area contributed by atoms with Gasteiger partial charge >= 0.3 is 7.91 Å². The van der Waals surface area contributed by atoms with E-state index in [1.54, 1.807) is 5.48 Å². The lowest BCUT2D eigenvalue weighted by molar-refractivity contribution is -0.133. The van der Waals surface area contributed by atoms with E-state index in [1.165, 1.54) is 0 Å². The number of nitrogens with one attached hydrogen (secondary N) is 1. The van der Waals surface area contributed by atoms with Crippen LogP contribution in [0.5, 0.6) is 0 Å². The smallest absolute Gasteiger partial charge is 0.298 e. The van der Waals surface area contributed by atoms with Crippen molar-refractivity contribution >= 4 is 13.8 Å². The molecule has 1 aliphatic rings. The minimum absolute atomic E-state index is 0.227. The van der Waals surface area contributed by atoms with Gasteiger partial charge < -0.3 is 0 Å². The van der Waals surface area contributed by atoms with Crippen molar-refractivity contribution in [1.82, 2.24) is 5.48 Å². The molecule has 1 aliphatic carbocycles. The van der Waals surface area contributed by atoms with Crippen LogP contribution in [0.4, 0.5) is 4.20 Å². The van der Waals surface area contributed by atoms with Gasteiger partial charge in [0, 0.05) is 5.92 Å². The van der Waals surface area contributed by atoms with Crippen LogP contribution >= 0.6 is 7.91 Å². The molecular formula is C7H13FNO4P. The fraction of sp³-hybridized carbons (Fsp3) is 0.857. The van der Waals surface area contributed by atoms with Crippen molar-refractivity contribution in [3.05, 3.63) is 0 Å². The molecule has 14 heavy (non-hydrogen) atoms. The summed E-state index contributed by atoms with van der Waals surface area (Å²) in [5, 5.41) is 0. The summed E-state index contributed by atoms with van der Waals surface area (Å²) in [4.78, 5) is 19.3. The predicted molar refractivity (Wildman–Crippen MR) is 46.7 cm³/mol. The summed E-state index contributed by atoms with van der Waals surface area (Å²) in [6, 6.07) is 0. The first-order chi connectivity index (χ1) is 6.49. The van der Waals surface area contributed by atoms with E-state index in [2.05, 4.69) is 4.62 Å². The van der Waals surface area contributed by atoms with Crippen LogP contribution in [0.1, 0.15) is 32.1 Å². The maximum Gasteiger partial charge on any atom is 0.532 e. The molecule has 1 saturated carbocycles. The number of rotatable bonds is 3. The second-order valence-corrected chi connectivity index (χ2v) is 4.43. The minimum Gasteiger partial charge on any atom is -0.298 e. The van der Waals surface area contributed by atoms with Crippen molar-refractivity contribution in [3.8, 4) is 0 Å². The van der Waals surface area contributed by atoms with Crippen LogP contribution in [-0.2, 0) is 14.0 Å². The molecular weight excluding hydrogens is 212 g/mol. The first-order valence-corrected chi connectivity index (χ1v) is 5.97. The summed E-state index contributed by atoms with van der Waals surface area (Å²) >= 11 is 0. The first-order valence-electron chi connectivity index (χ1n) is 4.50. The standard InChI is InChI=1S/C7H13FNO4P/c8-14(11,12)13-9-7(10)6-4-2-1-3-5-6/h6H,1-5H2,(H,9,10)(H,11,12). The van der Waals surface area contributed by atoms with E-state index in [0.29, 0.717) is 0 Å². The molecule has 1 rings (SSSR count). The molecule has 0 bridgehead atoms. The summed E-state index contributed by atoms with van der Waals surface area (Å²) in [7, 11) is -5.10. The van der Waals surface area contributed by atoms with Crippen molar-refractivity contribution in [1.29, 1.82) is 0 Å². The zero-order valence-electron chi connectivity index (χ0n) is 7.61. The molecule has 0 aromatic rings. The van der Waals surface area contributed by atoms with Gasteiger partial charge in [0.25, 0.3) is 0 Å². The molecule has 1 atom stereocenters. The first kappa shape index (κ1) is 11.6. The molecule has 1 fully saturated rings. The highest BCUT2D eigenvalue weighted by atomic mass is 31.2. The van der Waals surface area contributed by atoms with Crippen LogP contribution in [0.15, 0.2) is 0 Å². The molecule has 82 valence electrons. The van der Waals surface area contributed by atoms with E-state index >= 15 is 0 Å². The lowest BCUT2D eigenvalue weighted by Crippen LogP contribution is -2.30. The summed E-state index contributed by atoms with van der Waals surface area (Å²) in [6.45, 7) is 0. The van der Waals surface area contributed by atoms with E-state index in [1.807, 2.05) is 0 Å². The number of halogens is 1. The molecule has 1 amide bonds. The van der Waals surface area contributed by atoms with Crippen LogP contribution in [0.2, 0.25) is 0 Å². The summed E-state index contributed by atoms with van der Waals surface area (Å²) in [5.74, 6) is -0.744. The van der Waals surface area contributed by atoms with Gasteiger partial charge in [0.2, 0.25) is 5.91 Å². The number of amides is 1. The highest BCUT2D eigenvalue weighted by Crippen LogP contribution is 2.42. The van der Waals surface area contributed by atoms with Gasteiger partial charge in [-0.3, -0.25) is 9.69 Å². The van der Waals surface area contributed by atoms with Crippen LogP contribution in [0, 0.1) is 5.92 Å². The minimum atomic E-state index is -5.10. The van der Waals surface area contributed by atoms with Gasteiger partial charge in [0.15, 0.2) is 0 Å². The zero-order chi connectivity index (χ0) is 10.6. The number of carbonyl (C=O) groups is 1. The zero-order valence-corrected chi connectivity index (χ0v) is 8.50. The fourth-order valence-electron chi connectivity index (χ4n) is 1.55. The third-order valence-electron chi connectivity index (χ3n) is 2.23. The Morgan fingerprint density at radius 3 is 2.50 bits per heavy atom. The maximum absolute atomic E-state index is 12.0. The van der Waals surface area contributed by atoms with Gasteiger partial charge in [-0.05, 0) is 12.8 Å². The summed E-state index contributed by atoms with van der Waals surface area (Å²) in [6.07, 6.45) is 4.43. The molecule has 2 N–H and O–H groups in total. The number of hydrogen-bond donors (Lipinski definition) is 2. The molecule has 1 unspecified atom stereocenters. The molecule has 5 nitrogen and oxygen atoms in total. The van der Waals surface area contributed by atoms with Crippen molar-refractivity contribution < 1.29 is 23.1 Å². The molecule has 0 aromatic carbocycles. The topological polar surface area (TPSA) is 75.6 Å². The van der Waals surface area contributed by atoms with E-state index in [0.717, 1.165) is 32.1 Å². The van der Waals surface area contributed by atoms with Gasteiger partial charge in [-0.25, -0.2) is 10.0 Å². The Bertz CT molecular complexity index is 248. The van der Waals surface area contributed by atoms with E-state index in [4.69, 9.17) is 4.89 Å². The lowest BCUT2D eigenvalue weighted by Gasteiger charge is -2.19. The molecule has 0 radical (unpaired) electrons. The van der Waals surface area contributed by atoms with Gasteiger partial charge in [0.1, 0.15) is 0 Å². The Balaban J connectivity index is 2.30. The van der Waals surface area contributed by atoms with Gasteiger partial charge in [-0.1, -0.05) is 19.3 Å². The Morgan fingerprint density at radius 2 is 2.00 bits per heavy atom. The van der Waals surface area contributed by atoms with Crippen molar-refractivity contribution in [2.75, 3.05) is 0 Å². The van der Waals surface area contributed by atoms with Crippen molar-refractivity contribution in [2.24, 2.45) is 5.92 Å². The SMILES string of the molecule is O=C(NOP(=O)(O)F)C1CCCCC1. The highest BCUT2D eigenvalue weighted by molar-refractivity contribution is 7.46. The third kappa shape index (κ3) is 4.17. The van der Waals surface area contributed by atoms with Crippen LogP contribution in [-0.4, -0.2) is 10.8 Å². The lowest BCUT2D eigenvalue weighted by atomic mass is 9.89. The number of carbonyl (C=O) groups excluding carboxylic acids is 1. The van der Waals surface area contributed by atoms with Gasteiger partial charge in [-0.15, -0.1) is 4.20 Å². The Morgan fingerprint density at radius 1 is 1.43 bits per heavy atom. The van der Waals surface area contributed by atoms with Crippen LogP contribution in [0.3, 0.4) is 0 Å². The van der Waals surface area contributed by atoms with E-state index in [-0.39, 0.29) is 5.92 Å². The molecule has 0 heterocycles.